The van der Waals surface area contributed by atoms with Crippen LogP contribution in [0.15, 0.2) is 54.6 Å². The van der Waals surface area contributed by atoms with E-state index in [9.17, 15) is 18.9 Å². The maximum absolute atomic E-state index is 13.5. The van der Waals surface area contributed by atoms with Gasteiger partial charge in [-0.1, -0.05) is 32.0 Å². The number of nitrogens with zero attached hydrogens (tertiary/aromatic N) is 2. The fraction of sp³-hybridized carbons (Fsp3) is 0.333. The summed E-state index contributed by atoms with van der Waals surface area (Å²) in [6.45, 7) is 4.23. The highest BCUT2D eigenvalue weighted by atomic mass is 31.1. The zero-order valence-corrected chi connectivity index (χ0v) is 19.6. The number of para-hydroxylation sites is 1. The first-order valence-electron chi connectivity index (χ1n) is 10.7. The molecule has 2 aromatic carbocycles. The number of aromatic nitrogens is 2. The lowest BCUT2D eigenvalue weighted by atomic mass is 9.98. The summed E-state index contributed by atoms with van der Waals surface area (Å²) in [5.41, 5.74) is 4.21. The van der Waals surface area contributed by atoms with Crippen LogP contribution in [-0.4, -0.2) is 44.8 Å². The number of benzene rings is 2. The Labute approximate surface area is 192 Å². The molecular weight excluding hydrogens is 446 g/mol. The van der Waals surface area contributed by atoms with Gasteiger partial charge < -0.3 is 14.7 Å². The van der Waals surface area contributed by atoms with Crippen LogP contribution in [0.25, 0.3) is 16.9 Å². The van der Waals surface area contributed by atoms with Gasteiger partial charge in [-0.05, 0) is 42.3 Å². The van der Waals surface area contributed by atoms with Crippen molar-refractivity contribution in [2.75, 3.05) is 12.8 Å². The third-order valence-electron chi connectivity index (χ3n) is 5.12. The molecule has 2 N–H and O–H groups in total. The zero-order chi connectivity index (χ0) is 24.0. The lowest BCUT2D eigenvalue weighted by Crippen LogP contribution is -2.15. The number of hydrogen-bond donors (Lipinski definition) is 2. The molecule has 3 rings (SSSR count). The van der Waals surface area contributed by atoms with Crippen LogP contribution in [0, 0.1) is 5.82 Å². The van der Waals surface area contributed by atoms with E-state index >= 15 is 0 Å². The van der Waals surface area contributed by atoms with Crippen LogP contribution in [0.1, 0.15) is 37.4 Å². The van der Waals surface area contributed by atoms with E-state index < -0.39 is 26.5 Å². The van der Waals surface area contributed by atoms with Gasteiger partial charge in [-0.2, -0.15) is 5.10 Å². The Morgan fingerprint density at radius 1 is 1.15 bits per heavy atom. The smallest absolute Gasteiger partial charge is 0.305 e. The molecule has 33 heavy (non-hydrogen) atoms. The molecule has 1 aromatic heterocycles. The summed E-state index contributed by atoms with van der Waals surface area (Å²) >= 11 is 0. The van der Waals surface area contributed by atoms with Crippen LogP contribution in [0.4, 0.5) is 4.39 Å². The van der Waals surface area contributed by atoms with E-state index in [2.05, 4.69) is 13.8 Å². The molecule has 0 aliphatic carbocycles. The first kappa shape index (κ1) is 24.8. The van der Waals surface area contributed by atoms with Crippen molar-refractivity contribution in [1.29, 1.82) is 0 Å². The second-order valence-corrected chi connectivity index (χ2v) is 9.49. The van der Waals surface area contributed by atoms with Crippen LogP contribution in [0.2, 0.25) is 0 Å². The lowest BCUT2D eigenvalue weighted by molar-refractivity contribution is -0.138. The topological polar surface area (TPSA) is 102 Å². The predicted molar refractivity (Wildman–Crippen MR) is 125 cm³/mol. The highest BCUT2D eigenvalue weighted by Gasteiger charge is 2.23. The van der Waals surface area contributed by atoms with Crippen molar-refractivity contribution in [3.05, 3.63) is 71.7 Å². The quantitative estimate of drug-likeness (QED) is 0.392. The fourth-order valence-corrected chi connectivity index (χ4v) is 4.68. The van der Waals surface area contributed by atoms with E-state index in [-0.39, 0.29) is 24.5 Å². The van der Waals surface area contributed by atoms with Crippen molar-refractivity contribution in [3.63, 3.8) is 0 Å². The molecule has 0 radical (unpaired) electrons. The molecule has 7 nitrogen and oxygen atoms in total. The second-order valence-electron chi connectivity index (χ2n) is 8.05. The Morgan fingerprint density at radius 3 is 2.42 bits per heavy atom. The minimum atomic E-state index is -2.60. The largest absolute Gasteiger partial charge is 0.481 e. The molecular formula is C24H28FN2O5P. The normalized spacial score (nSPS) is 13.2. The van der Waals surface area contributed by atoms with Crippen LogP contribution < -0.4 is 0 Å². The number of carboxylic acids is 1. The summed E-state index contributed by atoms with van der Waals surface area (Å²) in [5, 5.41) is 23.3. The molecule has 0 amide bonds. The minimum absolute atomic E-state index is 0.108. The SMILES string of the molecule is CC(C)c1c(CCO[PH](=O)C[C@@H](O)CC(=O)O)c(-c2ccc(F)cc2)nn1-c1ccccc1. The third-order valence-corrected chi connectivity index (χ3v) is 6.45. The summed E-state index contributed by atoms with van der Waals surface area (Å²) in [4.78, 5) is 10.7. The molecule has 9 heteroatoms. The summed E-state index contributed by atoms with van der Waals surface area (Å²) in [6.07, 6.45) is -1.49. The van der Waals surface area contributed by atoms with Crippen LogP contribution in [-0.2, 0) is 20.3 Å². The highest BCUT2D eigenvalue weighted by Crippen LogP contribution is 2.33. The first-order chi connectivity index (χ1) is 15.8. The first-order valence-corrected chi connectivity index (χ1v) is 12.3. The van der Waals surface area contributed by atoms with E-state index in [1.807, 2.05) is 35.0 Å². The van der Waals surface area contributed by atoms with E-state index in [4.69, 9.17) is 14.7 Å². The van der Waals surface area contributed by atoms with E-state index in [0.29, 0.717) is 12.1 Å². The number of halogens is 1. The van der Waals surface area contributed by atoms with Gasteiger partial charge in [0.05, 0.1) is 36.2 Å². The molecule has 0 aliphatic heterocycles. The van der Waals surface area contributed by atoms with Crippen molar-refractivity contribution in [3.8, 4) is 16.9 Å². The van der Waals surface area contributed by atoms with Crippen LogP contribution in [0.3, 0.4) is 0 Å². The van der Waals surface area contributed by atoms with Gasteiger partial charge >= 0.3 is 5.97 Å². The number of aliphatic hydroxyl groups is 1. The maximum Gasteiger partial charge on any atom is 0.305 e. The number of carbonyl (C=O) groups is 1. The van der Waals surface area contributed by atoms with Crippen molar-refractivity contribution in [2.45, 2.75) is 38.7 Å². The Bertz CT molecular complexity index is 1100. The Balaban J connectivity index is 1.90. The number of hydrogen-bond acceptors (Lipinski definition) is 5. The summed E-state index contributed by atoms with van der Waals surface area (Å²) in [6, 6.07) is 15.8. The molecule has 176 valence electrons. The van der Waals surface area contributed by atoms with Crippen molar-refractivity contribution >= 4 is 14.0 Å². The van der Waals surface area contributed by atoms with Gasteiger partial charge in [0.15, 0.2) is 8.03 Å². The zero-order valence-electron chi connectivity index (χ0n) is 18.6. The predicted octanol–water partition coefficient (Wildman–Crippen LogP) is 4.67. The van der Waals surface area contributed by atoms with Gasteiger partial charge in [0.2, 0.25) is 0 Å². The second kappa shape index (κ2) is 11.4. The Morgan fingerprint density at radius 2 is 1.82 bits per heavy atom. The van der Waals surface area contributed by atoms with Gasteiger partial charge in [-0.25, -0.2) is 9.07 Å². The van der Waals surface area contributed by atoms with E-state index in [1.165, 1.54) is 12.1 Å². The average molecular weight is 474 g/mol. The molecule has 0 saturated carbocycles. The molecule has 2 atom stereocenters. The van der Waals surface area contributed by atoms with Gasteiger partial charge in [-0.15, -0.1) is 0 Å². The summed E-state index contributed by atoms with van der Waals surface area (Å²) in [7, 11) is -2.60. The lowest BCUT2D eigenvalue weighted by Gasteiger charge is -2.14. The van der Waals surface area contributed by atoms with E-state index in [0.717, 1.165) is 22.5 Å². The highest BCUT2D eigenvalue weighted by molar-refractivity contribution is 7.39. The molecule has 0 fully saturated rings. The van der Waals surface area contributed by atoms with Crippen molar-refractivity contribution < 1.29 is 28.5 Å². The van der Waals surface area contributed by atoms with Crippen LogP contribution >= 0.6 is 8.03 Å². The number of aliphatic hydroxyl groups excluding tert-OH is 1. The molecule has 0 saturated heterocycles. The molecule has 3 aromatic rings. The van der Waals surface area contributed by atoms with Crippen LogP contribution in [0.5, 0.6) is 0 Å². The minimum Gasteiger partial charge on any atom is -0.481 e. The van der Waals surface area contributed by atoms with Gasteiger partial charge in [-0.3, -0.25) is 9.36 Å². The van der Waals surface area contributed by atoms with Gasteiger partial charge in [0.1, 0.15) is 5.82 Å². The molecule has 0 aliphatic rings. The third kappa shape index (κ3) is 6.60. The van der Waals surface area contributed by atoms with Gasteiger partial charge in [0.25, 0.3) is 0 Å². The summed E-state index contributed by atoms with van der Waals surface area (Å²) < 4.78 is 33.1. The maximum atomic E-state index is 13.5. The fourth-order valence-electron chi connectivity index (χ4n) is 3.70. The Kier molecular flexibility index (Phi) is 8.55. The number of aliphatic carboxylic acids is 1. The Hall–Kier alpha value is -2.80. The standard InChI is InChI=1S/C24H28FN2O5P/c1-16(2)24-21(12-13-32-33(31)15-20(28)14-22(29)30)23(17-8-10-18(25)11-9-17)26-27(24)19-6-4-3-5-7-19/h3-11,16,20,28,33H,12-15H2,1-2H3,(H,29,30)/t20-/m0/s1. The summed E-state index contributed by atoms with van der Waals surface area (Å²) in [5.74, 6) is -1.39. The number of rotatable bonds is 11. The molecule has 1 heterocycles. The van der Waals surface area contributed by atoms with E-state index in [1.54, 1.807) is 12.1 Å². The average Bonchev–Trinajstić information content (AvgIpc) is 3.14. The number of carboxylic acid groups (broad SMARTS) is 1. The molecule has 0 spiro atoms. The van der Waals surface area contributed by atoms with Crippen molar-refractivity contribution in [1.82, 2.24) is 9.78 Å². The molecule has 1 unspecified atom stereocenters. The van der Waals surface area contributed by atoms with Gasteiger partial charge in [0, 0.05) is 23.7 Å². The monoisotopic (exact) mass is 474 g/mol. The molecule has 0 bridgehead atoms. The van der Waals surface area contributed by atoms with Crippen molar-refractivity contribution in [2.24, 2.45) is 0 Å².